The number of methoxy groups -OCH3 is 2. The summed E-state index contributed by atoms with van der Waals surface area (Å²) in [6, 6.07) is 16.0. The molecule has 0 radical (unpaired) electrons. The SMILES string of the molecule is COC(=O)C1=C(C(=O)OC)N(c2cccc(-c3nnc(C(F)(F)F)o3)c2)C(N)=C(C#N)C1c1ccccc1. The second kappa shape index (κ2) is 10.1. The molecule has 2 heterocycles. The van der Waals surface area contributed by atoms with Gasteiger partial charge in [-0.2, -0.15) is 18.4 Å². The molecule has 1 unspecified atom stereocenters. The number of ether oxygens (including phenoxy) is 2. The van der Waals surface area contributed by atoms with E-state index in [1.165, 1.54) is 24.3 Å². The summed E-state index contributed by atoms with van der Waals surface area (Å²) in [5, 5.41) is 16.5. The molecule has 1 aliphatic heterocycles. The van der Waals surface area contributed by atoms with Crippen LogP contribution >= 0.6 is 0 Å². The number of alkyl halides is 3. The van der Waals surface area contributed by atoms with E-state index < -0.39 is 35.8 Å². The quantitative estimate of drug-likeness (QED) is 0.490. The smallest absolute Gasteiger partial charge is 0.466 e. The van der Waals surface area contributed by atoms with E-state index in [1.54, 1.807) is 30.3 Å². The Morgan fingerprint density at radius 2 is 1.74 bits per heavy atom. The average Bonchev–Trinajstić information content (AvgIpc) is 3.43. The van der Waals surface area contributed by atoms with Gasteiger partial charge in [-0.3, -0.25) is 4.90 Å². The number of esters is 2. The molecule has 3 aromatic rings. The Kier molecular flexibility index (Phi) is 6.89. The van der Waals surface area contributed by atoms with E-state index in [-0.39, 0.29) is 33.9 Å². The van der Waals surface area contributed by atoms with Crippen LogP contribution in [0.25, 0.3) is 11.5 Å². The fourth-order valence-electron chi connectivity index (χ4n) is 4.01. The Balaban J connectivity index is 1.97. The molecular weight excluding hydrogens is 507 g/mol. The van der Waals surface area contributed by atoms with E-state index >= 15 is 0 Å². The molecule has 2 aromatic carbocycles. The van der Waals surface area contributed by atoms with Crippen LogP contribution in [0, 0.1) is 11.3 Å². The van der Waals surface area contributed by atoms with Crippen molar-refractivity contribution in [1.29, 1.82) is 5.26 Å². The highest BCUT2D eigenvalue weighted by atomic mass is 19.4. The molecule has 0 bridgehead atoms. The van der Waals surface area contributed by atoms with Crippen molar-refractivity contribution in [3.05, 3.63) is 88.7 Å². The van der Waals surface area contributed by atoms with Crippen molar-refractivity contribution in [2.45, 2.75) is 12.1 Å². The Labute approximate surface area is 213 Å². The lowest BCUT2D eigenvalue weighted by molar-refractivity contribution is -0.157. The maximum Gasteiger partial charge on any atom is 0.470 e. The lowest BCUT2D eigenvalue weighted by atomic mass is 9.81. The summed E-state index contributed by atoms with van der Waals surface area (Å²) >= 11 is 0. The molecule has 0 saturated heterocycles. The highest BCUT2D eigenvalue weighted by Gasteiger charge is 2.43. The van der Waals surface area contributed by atoms with Crippen LogP contribution in [0.5, 0.6) is 0 Å². The molecule has 4 rings (SSSR count). The zero-order chi connectivity index (χ0) is 27.6. The minimum Gasteiger partial charge on any atom is -0.466 e. The molecule has 2 N–H and O–H groups in total. The van der Waals surface area contributed by atoms with Crippen LogP contribution in [-0.4, -0.2) is 36.4 Å². The molecule has 1 aromatic heterocycles. The van der Waals surface area contributed by atoms with Crippen LogP contribution in [0.4, 0.5) is 18.9 Å². The molecule has 0 spiro atoms. The topological polar surface area (TPSA) is 145 Å². The third-order valence-electron chi connectivity index (χ3n) is 5.63. The normalized spacial score (nSPS) is 15.8. The Bertz CT molecular complexity index is 1510. The number of carbonyl (C=O) groups excluding carboxylic acids is 2. The number of aromatic nitrogens is 2. The largest absolute Gasteiger partial charge is 0.470 e. The van der Waals surface area contributed by atoms with E-state index in [1.807, 2.05) is 6.07 Å². The third kappa shape index (κ3) is 4.55. The predicted octanol–water partition coefficient (Wildman–Crippen LogP) is 3.65. The lowest BCUT2D eigenvalue weighted by Crippen LogP contribution is -2.40. The molecular formula is C25H18F3N5O5. The van der Waals surface area contributed by atoms with Crippen LogP contribution < -0.4 is 10.6 Å². The van der Waals surface area contributed by atoms with Crippen LogP contribution in [0.15, 0.2) is 81.7 Å². The summed E-state index contributed by atoms with van der Waals surface area (Å²) in [4.78, 5) is 27.3. The second-order valence-corrected chi connectivity index (χ2v) is 7.80. The van der Waals surface area contributed by atoms with Gasteiger partial charge in [-0.05, 0) is 23.8 Å². The number of nitrogens with zero attached hydrogens (tertiary/aromatic N) is 4. The number of benzene rings is 2. The monoisotopic (exact) mass is 525 g/mol. The van der Waals surface area contributed by atoms with E-state index in [0.29, 0.717) is 5.56 Å². The van der Waals surface area contributed by atoms with Crippen LogP contribution in [0.3, 0.4) is 0 Å². The molecule has 0 fully saturated rings. The number of rotatable bonds is 5. The first kappa shape index (κ1) is 26.0. The van der Waals surface area contributed by atoms with Gasteiger partial charge in [0.1, 0.15) is 11.5 Å². The van der Waals surface area contributed by atoms with Gasteiger partial charge in [0.25, 0.3) is 0 Å². The van der Waals surface area contributed by atoms with Crippen molar-refractivity contribution in [3.63, 3.8) is 0 Å². The number of hydrogen-bond acceptors (Lipinski definition) is 10. The van der Waals surface area contributed by atoms with Gasteiger partial charge in [-0.25, -0.2) is 9.59 Å². The Morgan fingerprint density at radius 1 is 1.05 bits per heavy atom. The number of hydrogen-bond donors (Lipinski definition) is 1. The molecule has 38 heavy (non-hydrogen) atoms. The van der Waals surface area contributed by atoms with Crippen molar-refractivity contribution < 1.29 is 36.7 Å². The van der Waals surface area contributed by atoms with Crippen molar-refractivity contribution in [2.75, 3.05) is 19.1 Å². The average molecular weight is 525 g/mol. The van der Waals surface area contributed by atoms with Crippen molar-refractivity contribution in [3.8, 4) is 17.5 Å². The first-order valence-corrected chi connectivity index (χ1v) is 10.8. The zero-order valence-corrected chi connectivity index (χ0v) is 19.8. The molecule has 0 aliphatic carbocycles. The maximum atomic E-state index is 13.1. The zero-order valence-electron chi connectivity index (χ0n) is 19.8. The van der Waals surface area contributed by atoms with Crippen LogP contribution in [0.2, 0.25) is 0 Å². The number of halogens is 3. The van der Waals surface area contributed by atoms with E-state index in [4.69, 9.17) is 19.6 Å². The summed E-state index contributed by atoms with van der Waals surface area (Å²) in [5.74, 6) is -5.20. The molecule has 13 heteroatoms. The second-order valence-electron chi connectivity index (χ2n) is 7.80. The highest BCUT2D eigenvalue weighted by molar-refractivity contribution is 6.06. The fraction of sp³-hybridized carbons (Fsp3) is 0.160. The lowest BCUT2D eigenvalue weighted by Gasteiger charge is -2.36. The van der Waals surface area contributed by atoms with Gasteiger partial charge < -0.3 is 19.6 Å². The molecule has 0 saturated carbocycles. The van der Waals surface area contributed by atoms with E-state index in [9.17, 15) is 28.0 Å². The predicted molar refractivity (Wildman–Crippen MR) is 124 cm³/mol. The molecule has 1 aliphatic rings. The summed E-state index contributed by atoms with van der Waals surface area (Å²) in [5.41, 5.74) is 6.39. The number of carbonyl (C=O) groups is 2. The Morgan fingerprint density at radius 3 is 2.32 bits per heavy atom. The van der Waals surface area contributed by atoms with Crippen molar-refractivity contribution in [1.82, 2.24) is 10.2 Å². The molecule has 10 nitrogen and oxygen atoms in total. The summed E-state index contributed by atoms with van der Waals surface area (Å²) < 4.78 is 53.6. The minimum atomic E-state index is -4.85. The third-order valence-corrected chi connectivity index (χ3v) is 5.63. The molecule has 194 valence electrons. The number of nitrogens with two attached hydrogens (primary N) is 1. The van der Waals surface area contributed by atoms with Gasteiger partial charge in [0.2, 0.25) is 5.89 Å². The van der Waals surface area contributed by atoms with Gasteiger partial charge in [-0.15, -0.1) is 10.2 Å². The van der Waals surface area contributed by atoms with Gasteiger partial charge in [0.05, 0.1) is 37.4 Å². The van der Waals surface area contributed by atoms with E-state index in [0.717, 1.165) is 19.1 Å². The first-order chi connectivity index (χ1) is 18.1. The summed E-state index contributed by atoms with van der Waals surface area (Å²) in [7, 11) is 2.20. The van der Waals surface area contributed by atoms with Gasteiger partial charge in [-0.1, -0.05) is 36.4 Å². The number of nitriles is 1. The first-order valence-electron chi connectivity index (χ1n) is 10.8. The van der Waals surface area contributed by atoms with Gasteiger partial charge >= 0.3 is 24.0 Å². The van der Waals surface area contributed by atoms with Crippen LogP contribution in [-0.2, 0) is 25.2 Å². The maximum absolute atomic E-state index is 13.1. The van der Waals surface area contributed by atoms with Gasteiger partial charge in [0, 0.05) is 11.3 Å². The van der Waals surface area contributed by atoms with E-state index in [2.05, 4.69) is 10.2 Å². The molecule has 1 atom stereocenters. The Hall–Kier alpha value is -5.12. The highest BCUT2D eigenvalue weighted by Crippen LogP contribution is 2.43. The van der Waals surface area contributed by atoms with Crippen LogP contribution in [0.1, 0.15) is 17.4 Å². The van der Waals surface area contributed by atoms with Crippen molar-refractivity contribution in [2.24, 2.45) is 5.73 Å². The summed E-state index contributed by atoms with van der Waals surface area (Å²) in [6.45, 7) is 0. The minimum absolute atomic E-state index is 0.0471. The number of allylic oxidation sites excluding steroid dienone is 1. The van der Waals surface area contributed by atoms with Gasteiger partial charge in [0.15, 0.2) is 0 Å². The number of anilines is 1. The summed E-state index contributed by atoms with van der Waals surface area (Å²) in [6.07, 6.45) is -4.85. The molecule has 0 amide bonds. The standard InChI is InChI=1S/C25H18F3N5O5/c1-36-22(34)18-17(13-7-4-3-5-8-13)16(12-29)20(30)33(19(18)23(35)37-2)15-10-6-9-14(11-15)21-31-32-24(38-21)25(26,27)28/h3-11,17H,30H2,1-2H3. The fourth-order valence-corrected chi connectivity index (χ4v) is 4.01. The van der Waals surface area contributed by atoms with Crippen molar-refractivity contribution >= 4 is 17.6 Å².